The van der Waals surface area contributed by atoms with E-state index >= 15 is 0 Å². The first-order valence-electron chi connectivity index (χ1n) is 7.44. The summed E-state index contributed by atoms with van der Waals surface area (Å²) in [5, 5.41) is 11.9. The van der Waals surface area contributed by atoms with E-state index in [0.29, 0.717) is 23.4 Å². The van der Waals surface area contributed by atoms with E-state index in [-0.39, 0.29) is 30.3 Å². The van der Waals surface area contributed by atoms with Gasteiger partial charge < -0.3 is 10.0 Å². The van der Waals surface area contributed by atoms with Crippen molar-refractivity contribution in [3.05, 3.63) is 33.9 Å². The van der Waals surface area contributed by atoms with Gasteiger partial charge >= 0.3 is 5.97 Å². The lowest BCUT2D eigenvalue weighted by Crippen LogP contribution is -2.34. The summed E-state index contributed by atoms with van der Waals surface area (Å²) in [4.78, 5) is 41.9. The Morgan fingerprint density at radius 1 is 1.43 bits per heavy atom. The van der Waals surface area contributed by atoms with Crippen LogP contribution in [0.2, 0.25) is 0 Å². The summed E-state index contributed by atoms with van der Waals surface area (Å²) in [5.74, 6) is -1.78. The van der Waals surface area contributed by atoms with Gasteiger partial charge in [-0.1, -0.05) is 6.92 Å². The van der Waals surface area contributed by atoms with Crippen molar-refractivity contribution in [1.29, 1.82) is 0 Å². The van der Waals surface area contributed by atoms with Gasteiger partial charge in [0.15, 0.2) is 5.65 Å². The molecule has 2 aromatic rings. The minimum atomic E-state index is -0.890. The molecule has 1 saturated heterocycles. The molecule has 0 radical (unpaired) electrons. The first-order chi connectivity index (χ1) is 10.9. The summed E-state index contributed by atoms with van der Waals surface area (Å²) in [5.41, 5.74) is 1.06. The number of fused-ring (bicyclic) bond motifs is 1. The number of aromatic amines is 1. The number of likely N-dealkylation sites (tertiary alicyclic amines) is 1. The van der Waals surface area contributed by atoms with Crippen LogP contribution in [0.5, 0.6) is 0 Å². The van der Waals surface area contributed by atoms with Gasteiger partial charge in [0.2, 0.25) is 5.91 Å². The van der Waals surface area contributed by atoms with Gasteiger partial charge in [0.05, 0.1) is 12.3 Å². The van der Waals surface area contributed by atoms with Crippen LogP contribution < -0.4 is 5.56 Å². The van der Waals surface area contributed by atoms with E-state index in [9.17, 15) is 14.4 Å². The zero-order valence-electron chi connectivity index (χ0n) is 12.9. The fourth-order valence-electron chi connectivity index (χ4n) is 3.06. The van der Waals surface area contributed by atoms with Crippen molar-refractivity contribution in [3.8, 4) is 0 Å². The van der Waals surface area contributed by atoms with Crippen molar-refractivity contribution >= 4 is 17.5 Å². The van der Waals surface area contributed by atoms with Crippen LogP contribution in [0.4, 0.5) is 0 Å². The minimum Gasteiger partial charge on any atom is -0.481 e. The molecule has 0 bridgehead atoms. The van der Waals surface area contributed by atoms with Crippen LogP contribution in [0.15, 0.2) is 17.1 Å². The summed E-state index contributed by atoms with van der Waals surface area (Å²) in [6.45, 7) is 4.10. The van der Waals surface area contributed by atoms with Gasteiger partial charge in [-0.3, -0.25) is 19.5 Å². The first-order valence-corrected chi connectivity index (χ1v) is 7.44. The maximum absolute atomic E-state index is 12.5. The Morgan fingerprint density at radius 2 is 2.17 bits per heavy atom. The second-order valence-electron chi connectivity index (χ2n) is 6.03. The second-order valence-corrected chi connectivity index (χ2v) is 6.03. The molecule has 8 heteroatoms. The smallest absolute Gasteiger partial charge is 0.308 e. The highest BCUT2D eigenvalue weighted by Gasteiger charge is 2.37. The van der Waals surface area contributed by atoms with E-state index in [0.717, 1.165) is 0 Å². The quantitative estimate of drug-likeness (QED) is 0.831. The van der Waals surface area contributed by atoms with Crippen molar-refractivity contribution in [1.82, 2.24) is 19.5 Å². The van der Waals surface area contributed by atoms with E-state index in [1.54, 1.807) is 19.2 Å². The first kappa shape index (κ1) is 15.3. The molecule has 3 heterocycles. The van der Waals surface area contributed by atoms with Crippen molar-refractivity contribution in [2.24, 2.45) is 11.8 Å². The summed E-state index contributed by atoms with van der Waals surface area (Å²) in [6.07, 6.45) is 1.53. The molecule has 1 aliphatic heterocycles. The van der Waals surface area contributed by atoms with Gasteiger partial charge in [-0.2, -0.15) is 0 Å². The number of amides is 1. The number of hydrogen-bond acceptors (Lipinski definition) is 4. The van der Waals surface area contributed by atoms with E-state index in [1.165, 1.54) is 9.42 Å². The molecule has 0 saturated carbocycles. The number of carbonyl (C=O) groups is 2. The lowest BCUT2D eigenvalue weighted by atomic mass is 9.99. The molecule has 1 amide bonds. The fraction of sp³-hybridized carbons (Fsp3) is 0.467. The third-order valence-electron chi connectivity index (χ3n) is 4.46. The average Bonchev–Trinajstić information content (AvgIpc) is 3.09. The lowest BCUT2D eigenvalue weighted by molar-refractivity contribution is -0.142. The fourth-order valence-corrected chi connectivity index (χ4v) is 3.06. The van der Waals surface area contributed by atoms with E-state index in [2.05, 4.69) is 10.1 Å². The molecule has 23 heavy (non-hydrogen) atoms. The lowest BCUT2D eigenvalue weighted by Gasteiger charge is -2.16. The Bertz CT molecular complexity index is 838. The summed E-state index contributed by atoms with van der Waals surface area (Å²) in [6, 6.07) is 1.68. The monoisotopic (exact) mass is 318 g/mol. The van der Waals surface area contributed by atoms with Crippen molar-refractivity contribution in [2.75, 3.05) is 13.1 Å². The van der Waals surface area contributed by atoms with Crippen LogP contribution in [0, 0.1) is 18.8 Å². The van der Waals surface area contributed by atoms with Gasteiger partial charge in [-0.05, 0) is 12.8 Å². The summed E-state index contributed by atoms with van der Waals surface area (Å²) in [7, 11) is 0. The van der Waals surface area contributed by atoms with Crippen molar-refractivity contribution in [3.63, 3.8) is 0 Å². The predicted molar refractivity (Wildman–Crippen MR) is 81.1 cm³/mol. The molecular weight excluding hydrogens is 300 g/mol. The molecule has 122 valence electrons. The highest BCUT2D eigenvalue weighted by Crippen LogP contribution is 2.23. The van der Waals surface area contributed by atoms with E-state index in [4.69, 9.17) is 5.11 Å². The van der Waals surface area contributed by atoms with Crippen molar-refractivity contribution in [2.45, 2.75) is 20.3 Å². The van der Waals surface area contributed by atoms with Crippen LogP contribution in [0.25, 0.3) is 5.65 Å². The molecule has 2 N–H and O–H groups in total. The zero-order chi connectivity index (χ0) is 16.7. The molecular formula is C15H18N4O4. The van der Waals surface area contributed by atoms with Crippen LogP contribution in [0.1, 0.15) is 18.2 Å². The number of aryl methyl sites for hydroxylation is 1. The Hall–Kier alpha value is -2.64. The molecule has 1 aliphatic rings. The van der Waals surface area contributed by atoms with Crippen LogP contribution in [0.3, 0.4) is 0 Å². The molecule has 0 spiro atoms. The third kappa shape index (κ3) is 2.60. The summed E-state index contributed by atoms with van der Waals surface area (Å²) >= 11 is 0. The molecule has 0 aromatic carbocycles. The number of carboxylic acids is 1. The average molecular weight is 318 g/mol. The normalized spacial score (nSPS) is 21.0. The molecule has 3 rings (SSSR count). The van der Waals surface area contributed by atoms with Gasteiger partial charge in [-0.15, -0.1) is 0 Å². The standard InChI is InChI=1S/C15H18N4O4/c1-8-6-18(7-11(8)15(22)23)13(20)5-10-9(2)17-12-3-4-16-19(12)14(10)21/h3-4,8,11,16H,5-7H2,1-2H3,(H,22,23)/t8-,11-/m1/s1. The number of nitrogens with one attached hydrogen (secondary N) is 1. The SMILES string of the molecule is Cc1nc2cc[nH]n2c(=O)c1CC(=O)N1C[C@@H](C)[C@H](C(=O)O)C1. The van der Waals surface area contributed by atoms with Gasteiger partial charge in [0.1, 0.15) is 0 Å². The van der Waals surface area contributed by atoms with Gasteiger partial charge in [0, 0.05) is 36.6 Å². The topological polar surface area (TPSA) is 108 Å². The van der Waals surface area contributed by atoms with Gasteiger partial charge in [-0.25, -0.2) is 9.50 Å². The number of rotatable bonds is 3. The maximum atomic E-state index is 12.5. The Labute approximate surface area is 131 Å². The number of hydrogen-bond donors (Lipinski definition) is 2. The third-order valence-corrected chi connectivity index (χ3v) is 4.46. The zero-order valence-corrected chi connectivity index (χ0v) is 12.9. The molecule has 8 nitrogen and oxygen atoms in total. The van der Waals surface area contributed by atoms with E-state index < -0.39 is 11.9 Å². The highest BCUT2D eigenvalue weighted by atomic mass is 16.4. The minimum absolute atomic E-state index is 0.0707. The number of H-pyrrole nitrogens is 1. The Kier molecular flexibility index (Phi) is 3.67. The second kappa shape index (κ2) is 5.53. The number of aromatic nitrogens is 3. The Balaban J connectivity index is 1.84. The van der Waals surface area contributed by atoms with E-state index in [1.807, 2.05) is 6.92 Å². The highest BCUT2D eigenvalue weighted by molar-refractivity contribution is 5.81. The number of carboxylic acid groups (broad SMARTS) is 1. The number of aliphatic carboxylic acids is 1. The predicted octanol–water partition coefficient (Wildman–Crippen LogP) is 0.0526. The van der Waals surface area contributed by atoms with Crippen LogP contribution in [-0.4, -0.2) is 49.6 Å². The number of nitrogens with zero attached hydrogens (tertiary/aromatic N) is 3. The maximum Gasteiger partial charge on any atom is 0.308 e. The molecule has 2 aromatic heterocycles. The summed E-state index contributed by atoms with van der Waals surface area (Å²) < 4.78 is 1.29. The molecule has 0 aliphatic carbocycles. The van der Waals surface area contributed by atoms with Crippen LogP contribution >= 0.6 is 0 Å². The molecule has 1 fully saturated rings. The van der Waals surface area contributed by atoms with Crippen molar-refractivity contribution < 1.29 is 14.7 Å². The largest absolute Gasteiger partial charge is 0.481 e. The van der Waals surface area contributed by atoms with Crippen LogP contribution in [-0.2, 0) is 16.0 Å². The Morgan fingerprint density at radius 3 is 2.83 bits per heavy atom. The van der Waals surface area contributed by atoms with Gasteiger partial charge in [0.25, 0.3) is 5.56 Å². The number of carbonyl (C=O) groups excluding carboxylic acids is 1. The molecule has 2 atom stereocenters. The molecule has 0 unspecified atom stereocenters.